The predicted molar refractivity (Wildman–Crippen MR) is 100 cm³/mol. The van der Waals surface area contributed by atoms with E-state index in [2.05, 4.69) is 36.0 Å². The van der Waals surface area contributed by atoms with E-state index in [0.717, 1.165) is 23.7 Å². The second-order valence-corrected chi connectivity index (χ2v) is 7.49. The lowest BCUT2D eigenvalue weighted by Gasteiger charge is -2.16. The molecule has 0 aromatic heterocycles. The molecule has 1 aromatic carbocycles. The van der Waals surface area contributed by atoms with Crippen LogP contribution in [0.15, 0.2) is 24.3 Å². The summed E-state index contributed by atoms with van der Waals surface area (Å²) in [6, 6.07) is 7.24. The third kappa shape index (κ3) is 7.30. The van der Waals surface area contributed by atoms with Crippen LogP contribution in [0.25, 0.3) is 0 Å². The highest BCUT2D eigenvalue weighted by Crippen LogP contribution is 2.24. The van der Waals surface area contributed by atoms with Gasteiger partial charge in [0, 0.05) is 12.7 Å². The summed E-state index contributed by atoms with van der Waals surface area (Å²) < 4.78 is 4.66. The molecule has 2 atom stereocenters. The first-order chi connectivity index (χ1) is 11.7. The Morgan fingerprint density at radius 1 is 1.12 bits per heavy atom. The van der Waals surface area contributed by atoms with Crippen LogP contribution in [0.4, 0.5) is 0 Å². The van der Waals surface area contributed by atoms with E-state index in [1.54, 1.807) is 0 Å². The zero-order valence-corrected chi connectivity index (χ0v) is 16.3. The van der Waals surface area contributed by atoms with Gasteiger partial charge in [-0.05, 0) is 23.5 Å². The molecule has 1 amide bonds. The topological polar surface area (TPSA) is 72.5 Å². The number of thioether (sulfide) groups is 1. The lowest BCUT2D eigenvalue weighted by molar-refractivity contribution is -0.144. The second-order valence-electron chi connectivity index (χ2n) is 6.47. The zero-order valence-electron chi connectivity index (χ0n) is 15.5. The second kappa shape index (κ2) is 10.2. The largest absolute Gasteiger partial charge is 0.467 e. The van der Waals surface area contributed by atoms with Gasteiger partial charge in [0.05, 0.1) is 13.0 Å². The average Bonchev–Trinajstić information content (AvgIpc) is 2.56. The summed E-state index contributed by atoms with van der Waals surface area (Å²) in [6.45, 7) is 7.51. The zero-order chi connectivity index (χ0) is 19.0. The average molecular weight is 365 g/mol. The number of hydrogen-bond acceptors (Lipinski definition) is 5. The maximum absolute atomic E-state index is 12.4. The molecule has 0 saturated carbocycles. The van der Waals surface area contributed by atoms with Crippen LogP contribution in [-0.4, -0.2) is 35.9 Å². The first kappa shape index (κ1) is 21.2. The van der Waals surface area contributed by atoms with Crippen LogP contribution in [0.1, 0.15) is 44.7 Å². The highest BCUT2D eigenvalue weighted by molar-refractivity contribution is 8.13. The van der Waals surface area contributed by atoms with Gasteiger partial charge in [0.1, 0.15) is 6.04 Å². The van der Waals surface area contributed by atoms with Crippen LogP contribution in [0.2, 0.25) is 0 Å². The van der Waals surface area contributed by atoms with Gasteiger partial charge >= 0.3 is 5.97 Å². The molecule has 1 aromatic rings. The smallest absolute Gasteiger partial charge is 0.329 e. The molecule has 0 aliphatic heterocycles. The van der Waals surface area contributed by atoms with E-state index in [0.29, 0.717) is 5.92 Å². The van der Waals surface area contributed by atoms with Crippen molar-refractivity contribution in [2.45, 2.75) is 46.1 Å². The Morgan fingerprint density at radius 3 is 2.20 bits per heavy atom. The molecule has 0 bridgehead atoms. The molecule has 1 N–H and O–H groups in total. The number of hydrogen-bond donors (Lipinski definition) is 1. The van der Waals surface area contributed by atoms with E-state index in [-0.39, 0.29) is 22.7 Å². The highest BCUT2D eigenvalue weighted by Gasteiger charge is 2.24. The quantitative estimate of drug-likeness (QED) is 0.717. The van der Waals surface area contributed by atoms with Gasteiger partial charge in [-0.2, -0.15) is 0 Å². The summed E-state index contributed by atoms with van der Waals surface area (Å²) >= 11 is 1.03. The molecular weight excluding hydrogens is 338 g/mol. The van der Waals surface area contributed by atoms with Crippen LogP contribution in [0.3, 0.4) is 0 Å². The van der Waals surface area contributed by atoms with Crippen molar-refractivity contribution in [3.05, 3.63) is 35.4 Å². The van der Waals surface area contributed by atoms with Crippen molar-refractivity contribution in [2.24, 2.45) is 5.92 Å². The van der Waals surface area contributed by atoms with E-state index in [1.165, 1.54) is 19.6 Å². The summed E-state index contributed by atoms with van der Waals surface area (Å²) in [4.78, 5) is 35.2. The molecule has 0 fully saturated rings. The molecule has 6 heteroatoms. The van der Waals surface area contributed by atoms with Crippen molar-refractivity contribution in [3.8, 4) is 0 Å². The minimum absolute atomic E-state index is 0.0455. The molecular formula is C19H27NO4S. The molecule has 138 valence electrons. The molecule has 0 radical (unpaired) electrons. The Bertz CT molecular complexity index is 598. The number of benzene rings is 1. The molecule has 0 heterocycles. The Labute approximate surface area is 153 Å². The fourth-order valence-electron chi connectivity index (χ4n) is 2.40. The van der Waals surface area contributed by atoms with Gasteiger partial charge in [0.15, 0.2) is 5.12 Å². The predicted octanol–water partition coefficient (Wildman–Crippen LogP) is 2.93. The van der Waals surface area contributed by atoms with Crippen LogP contribution in [0.5, 0.6) is 0 Å². The number of rotatable bonds is 8. The Balaban J connectivity index is 2.65. The van der Waals surface area contributed by atoms with Crippen molar-refractivity contribution in [3.63, 3.8) is 0 Å². The Morgan fingerprint density at radius 2 is 1.72 bits per heavy atom. The molecule has 1 rings (SSSR count). The van der Waals surface area contributed by atoms with Crippen molar-refractivity contribution in [2.75, 3.05) is 12.9 Å². The fourth-order valence-corrected chi connectivity index (χ4v) is 3.33. The Hall–Kier alpha value is -1.82. The number of nitrogens with one attached hydrogen (secondary N) is 1. The van der Waals surface area contributed by atoms with Gasteiger partial charge in [0.25, 0.3) is 0 Å². The van der Waals surface area contributed by atoms with Crippen molar-refractivity contribution in [1.29, 1.82) is 0 Å². The van der Waals surface area contributed by atoms with Gasteiger partial charge in [-0.25, -0.2) is 4.79 Å². The molecule has 0 aliphatic rings. The van der Waals surface area contributed by atoms with Gasteiger partial charge in [0.2, 0.25) is 5.91 Å². The summed E-state index contributed by atoms with van der Waals surface area (Å²) in [7, 11) is 1.25. The lowest BCUT2D eigenvalue weighted by atomic mass is 9.97. The summed E-state index contributed by atoms with van der Waals surface area (Å²) in [5.74, 6) is -0.433. The van der Waals surface area contributed by atoms with Gasteiger partial charge in [-0.1, -0.05) is 56.8 Å². The fraction of sp³-hybridized carbons (Fsp3) is 0.526. The van der Waals surface area contributed by atoms with E-state index < -0.39 is 12.0 Å². The summed E-state index contributed by atoms with van der Waals surface area (Å²) in [6.07, 6.45) is 1.01. The van der Waals surface area contributed by atoms with E-state index in [1.807, 2.05) is 19.1 Å². The van der Waals surface area contributed by atoms with Crippen LogP contribution in [0, 0.1) is 5.92 Å². The molecule has 25 heavy (non-hydrogen) atoms. The van der Waals surface area contributed by atoms with Crippen LogP contribution in [-0.2, 0) is 25.5 Å². The monoisotopic (exact) mass is 365 g/mol. The van der Waals surface area contributed by atoms with Gasteiger partial charge < -0.3 is 10.1 Å². The standard InChI is InChI=1S/C19H27NO4S/c1-12(2)10-15-6-8-16(9-7-15)13(3)19(23)25-11-17(18(22)24-5)20-14(4)21/h6-9,12-13,17H,10-11H2,1-5H3,(H,20,21)/t13?,17-/m1/s1. The minimum atomic E-state index is -0.822. The summed E-state index contributed by atoms with van der Waals surface area (Å²) in [5.41, 5.74) is 2.20. The first-order valence-corrected chi connectivity index (χ1v) is 9.33. The van der Waals surface area contributed by atoms with Crippen molar-refractivity contribution in [1.82, 2.24) is 5.32 Å². The maximum atomic E-state index is 12.4. The van der Waals surface area contributed by atoms with E-state index in [4.69, 9.17) is 0 Å². The van der Waals surface area contributed by atoms with Crippen LogP contribution < -0.4 is 5.32 Å². The molecule has 0 aliphatic carbocycles. The number of carbonyl (C=O) groups is 3. The van der Waals surface area contributed by atoms with E-state index >= 15 is 0 Å². The highest BCUT2D eigenvalue weighted by atomic mass is 32.2. The SMILES string of the molecule is COC(=O)[C@@H](CSC(=O)C(C)c1ccc(CC(C)C)cc1)NC(C)=O. The molecule has 5 nitrogen and oxygen atoms in total. The van der Waals surface area contributed by atoms with Crippen molar-refractivity contribution < 1.29 is 19.1 Å². The third-order valence-corrected chi connectivity index (χ3v) is 4.87. The number of methoxy groups -OCH3 is 1. The minimum Gasteiger partial charge on any atom is -0.467 e. The first-order valence-electron chi connectivity index (χ1n) is 8.35. The van der Waals surface area contributed by atoms with Gasteiger partial charge in [-0.3, -0.25) is 9.59 Å². The molecule has 0 spiro atoms. The number of ether oxygens (including phenoxy) is 1. The van der Waals surface area contributed by atoms with Gasteiger partial charge in [-0.15, -0.1) is 0 Å². The normalized spacial score (nSPS) is 13.2. The van der Waals surface area contributed by atoms with E-state index in [9.17, 15) is 14.4 Å². The maximum Gasteiger partial charge on any atom is 0.329 e. The Kier molecular flexibility index (Phi) is 8.69. The number of carbonyl (C=O) groups excluding carboxylic acids is 3. The lowest BCUT2D eigenvalue weighted by Crippen LogP contribution is -2.42. The third-order valence-electron chi connectivity index (χ3n) is 3.73. The molecule has 1 unspecified atom stereocenters. The summed E-state index contributed by atoms with van der Waals surface area (Å²) in [5, 5.41) is 2.46. The van der Waals surface area contributed by atoms with Crippen molar-refractivity contribution >= 4 is 28.8 Å². The molecule has 0 saturated heterocycles. The van der Waals surface area contributed by atoms with Crippen LogP contribution >= 0.6 is 11.8 Å². The number of amides is 1. The number of esters is 1.